The lowest BCUT2D eigenvalue weighted by Crippen LogP contribution is -2.48. The van der Waals surface area contributed by atoms with Crippen molar-refractivity contribution in [3.8, 4) is 17.1 Å². The second kappa shape index (κ2) is 12.1. The van der Waals surface area contributed by atoms with E-state index in [1.165, 1.54) is 12.1 Å². The van der Waals surface area contributed by atoms with Gasteiger partial charge in [0.25, 0.3) is 15.9 Å². The normalized spacial score (nSPS) is 23.9. The van der Waals surface area contributed by atoms with Crippen LogP contribution in [0.4, 0.5) is 5.95 Å². The molecule has 0 radical (unpaired) electrons. The van der Waals surface area contributed by atoms with Gasteiger partial charge < -0.3 is 14.7 Å². The molecule has 1 aliphatic heterocycles. The first-order chi connectivity index (χ1) is 20.6. The molecular formula is C34H44N4O5S. The van der Waals surface area contributed by atoms with E-state index >= 15 is 0 Å². The van der Waals surface area contributed by atoms with E-state index in [9.17, 15) is 18.3 Å². The fraction of sp³-hybridized carbons (Fsp3) is 0.500. The highest BCUT2D eigenvalue weighted by Crippen LogP contribution is 2.35. The van der Waals surface area contributed by atoms with Crippen molar-refractivity contribution < 1.29 is 23.1 Å². The molecule has 0 saturated heterocycles. The Morgan fingerprint density at radius 1 is 1.05 bits per heavy atom. The number of nitrogens with one attached hydrogen (secondary N) is 1. The number of ether oxygens (including phenoxy) is 1. The first kappa shape index (κ1) is 31.9. The molecule has 10 heteroatoms. The van der Waals surface area contributed by atoms with Crippen LogP contribution in [0.25, 0.3) is 11.3 Å². The zero-order valence-corrected chi connectivity index (χ0v) is 27.4. The third-order valence-electron chi connectivity index (χ3n) is 8.67. The number of anilines is 1. The maximum Gasteiger partial charge on any atom is 0.264 e. The van der Waals surface area contributed by atoms with Gasteiger partial charge in [0.1, 0.15) is 6.61 Å². The lowest BCUT2D eigenvalue weighted by molar-refractivity contribution is -0.00167. The zero-order chi connectivity index (χ0) is 31.9. The Labute approximate surface area is 261 Å². The average Bonchev–Trinajstić information content (AvgIpc) is 2.93. The first-order valence-corrected chi connectivity index (χ1v) is 16.8. The molecule has 3 aromatic rings. The molecular weight excluding hydrogens is 576 g/mol. The highest BCUT2D eigenvalue weighted by atomic mass is 32.2. The summed E-state index contributed by atoms with van der Waals surface area (Å²) in [6, 6.07) is 13.5. The molecule has 1 fully saturated rings. The number of nitrogens with zero attached hydrogens (tertiary/aromatic N) is 3. The van der Waals surface area contributed by atoms with Crippen LogP contribution in [0, 0.1) is 25.2 Å². The number of aliphatic hydroxyl groups is 1. The standard InChI is InChI=1S/C34H44N4O5S/c1-22-9-7-10-23(2)30(22)28-18-29-36-32(35-28)37-44(41,42)27-12-8-11-25(17-27)31(39)38(26(21-43-29)19-33(3,4)5)20-24-13-15-34(6,40)16-14-24/h7-12,17-18,24,26,40H,13-16,19-21H2,1-6H3,(H,35,36,37)/t24?,26-,34?/m1/s1. The van der Waals surface area contributed by atoms with Gasteiger partial charge in [0.15, 0.2) is 0 Å². The highest BCUT2D eigenvalue weighted by molar-refractivity contribution is 7.92. The maximum atomic E-state index is 14.3. The number of sulfonamides is 1. The Morgan fingerprint density at radius 3 is 2.36 bits per heavy atom. The first-order valence-electron chi connectivity index (χ1n) is 15.3. The summed E-state index contributed by atoms with van der Waals surface area (Å²) in [7, 11) is -4.13. The van der Waals surface area contributed by atoms with Gasteiger partial charge in [-0.3, -0.25) is 4.79 Å². The summed E-state index contributed by atoms with van der Waals surface area (Å²) in [4.78, 5) is 25.2. The number of rotatable bonds is 4. The Kier molecular flexibility index (Phi) is 8.79. The number of hydrogen-bond acceptors (Lipinski definition) is 7. The minimum Gasteiger partial charge on any atom is -0.475 e. The summed E-state index contributed by atoms with van der Waals surface area (Å²) < 4.78 is 36.1. The van der Waals surface area contributed by atoms with Crippen LogP contribution in [0.5, 0.6) is 5.88 Å². The molecule has 236 valence electrons. The van der Waals surface area contributed by atoms with Gasteiger partial charge in [0.2, 0.25) is 11.8 Å². The molecule has 1 atom stereocenters. The predicted octanol–water partition coefficient (Wildman–Crippen LogP) is 6.14. The maximum absolute atomic E-state index is 14.3. The predicted molar refractivity (Wildman–Crippen MR) is 171 cm³/mol. The zero-order valence-electron chi connectivity index (χ0n) is 26.6. The summed E-state index contributed by atoms with van der Waals surface area (Å²) in [5.41, 5.74) is 2.86. The van der Waals surface area contributed by atoms with Crippen LogP contribution >= 0.6 is 0 Å². The van der Waals surface area contributed by atoms with E-state index in [0.717, 1.165) is 29.5 Å². The third kappa shape index (κ3) is 7.41. The molecule has 4 bridgehead atoms. The van der Waals surface area contributed by atoms with Crippen molar-refractivity contribution in [1.82, 2.24) is 14.9 Å². The monoisotopic (exact) mass is 620 g/mol. The van der Waals surface area contributed by atoms with Crippen LogP contribution in [-0.4, -0.2) is 59.1 Å². The van der Waals surface area contributed by atoms with Crippen molar-refractivity contribution in [1.29, 1.82) is 0 Å². The topological polar surface area (TPSA) is 122 Å². The van der Waals surface area contributed by atoms with Gasteiger partial charge in [-0.25, -0.2) is 18.1 Å². The molecule has 2 aliphatic rings. The Morgan fingerprint density at radius 2 is 1.70 bits per heavy atom. The summed E-state index contributed by atoms with van der Waals surface area (Å²) in [6.45, 7) is 12.9. The molecule has 2 aromatic carbocycles. The Bertz CT molecular complexity index is 1620. The highest BCUT2D eigenvalue weighted by Gasteiger charge is 2.35. The van der Waals surface area contributed by atoms with E-state index < -0.39 is 15.6 Å². The molecule has 44 heavy (non-hydrogen) atoms. The molecule has 1 aromatic heterocycles. The summed E-state index contributed by atoms with van der Waals surface area (Å²) in [5, 5.41) is 10.6. The number of aromatic nitrogens is 2. The van der Waals surface area contributed by atoms with Crippen molar-refractivity contribution >= 4 is 21.9 Å². The van der Waals surface area contributed by atoms with E-state index in [0.29, 0.717) is 31.5 Å². The molecule has 1 aliphatic carbocycles. The van der Waals surface area contributed by atoms with Crippen LogP contribution in [-0.2, 0) is 10.0 Å². The molecule has 2 N–H and O–H groups in total. The lowest BCUT2D eigenvalue weighted by Gasteiger charge is -2.40. The molecule has 1 saturated carbocycles. The third-order valence-corrected chi connectivity index (χ3v) is 9.99. The molecule has 9 nitrogen and oxygen atoms in total. The Balaban J connectivity index is 1.63. The number of fused-ring (bicyclic) bond motifs is 4. The smallest absolute Gasteiger partial charge is 0.264 e. The molecule has 2 heterocycles. The van der Waals surface area contributed by atoms with E-state index in [2.05, 4.69) is 35.5 Å². The van der Waals surface area contributed by atoms with Crippen molar-refractivity contribution in [3.63, 3.8) is 0 Å². The summed E-state index contributed by atoms with van der Waals surface area (Å²) in [6.07, 6.45) is 3.59. The number of amides is 1. The fourth-order valence-electron chi connectivity index (χ4n) is 6.34. The number of carbonyl (C=O) groups excluding carboxylic acids is 1. The van der Waals surface area contributed by atoms with Crippen molar-refractivity contribution in [2.24, 2.45) is 11.3 Å². The Hall–Kier alpha value is -3.50. The summed E-state index contributed by atoms with van der Waals surface area (Å²) >= 11 is 0. The van der Waals surface area contributed by atoms with Gasteiger partial charge in [-0.2, -0.15) is 4.98 Å². The molecule has 5 rings (SSSR count). The van der Waals surface area contributed by atoms with Gasteiger partial charge in [0, 0.05) is 23.7 Å². The molecule has 0 spiro atoms. The average molecular weight is 621 g/mol. The summed E-state index contributed by atoms with van der Waals surface area (Å²) in [5.74, 6) is 0.0774. The lowest BCUT2D eigenvalue weighted by atomic mass is 9.79. The SMILES string of the molecule is Cc1cccc(C)c1-c1cc2nc(n1)NS(=O)(=O)c1cccc(c1)C(=O)N(CC1CCC(C)(O)CC1)[C@H](CC(C)(C)C)CO2. The molecule has 1 amide bonds. The van der Waals surface area contributed by atoms with Gasteiger partial charge >= 0.3 is 0 Å². The van der Waals surface area contributed by atoms with Crippen molar-refractivity contribution in [2.45, 2.75) is 90.2 Å². The van der Waals surface area contributed by atoms with E-state index in [1.54, 1.807) is 18.2 Å². The number of aryl methyl sites for hydroxylation is 2. The minimum atomic E-state index is -4.13. The van der Waals surface area contributed by atoms with Gasteiger partial charge in [0.05, 0.1) is 22.2 Å². The largest absolute Gasteiger partial charge is 0.475 e. The van der Waals surface area contributed by atoms with Crippen LogP contribution in [0.1, 0.15) is 81.3 Å². The van der Waals surface area contributed by atoms with Crippen LogP contribution in [0.3, 0.4) is 0 Å². The fourth-order valence-corrected chi connectivity index (χ4v) is 7.33. The van der Waals surface area contributed by atoms with Crippen LogP contribution < -0.4 is 9.46 Å². The quantitative estimate of drug-likeness (QED) is 0.359. The second-order valence-electron chi connectivity index (χ2n) is 13.9. The van der Waals surface area contributed by atoms with E-state index in [4.69, 9.17) is 4.74 Å². The van der Waals surface area contributed by atoms with Crippen LogP contribution in [0.15, 0.2) is 53.4 Å². The van der Waals surface area contributed by atoms with Crippen molar-refractivity contribution in [3.05, 3.63) is 65.2 Å². The number of hydrogen-bond donors (Lipinski definition) is 2. The van der Waals surface area contributed by atoms with Gasteiger partial charge in [-0.05, 0) is 93.5 Å². The molecule has 0 unspecified atom stereocenters. The number of benzene rings is 2. The van der Waals surface area contributed by atoms with Gasteiger partial charge in [-0.1, -0.05) is 45.0 Å². The van der Waals surface area contributed by atoms with E-state index in [-0.39, 0.29) is 52.2 Å². The second-order valence-corrected chi connectivity index (χ2v) is 15.6. The van der Waals surface area contributed by atoms with Gasteiger partial charge in [-0.15, -0.1) is 0 Å². The minimum absolute atomic E-state index is 0.0489. The van der Waals surface area contributed by atoms with Crippen LogP contribution in [0.2, 0.25) is 0 Å². The van der Waals surface area contributed by atoms with E-state index in [1.807, 2.05) is 43.9 Å². The number of carbonyl (C=O) groups is 1. The van der Waals surface area contributed by atoms with Crippen molar-refractivity contribution in [2.75, 3.05) is 17.9 Å².